The summed E-state index contributed by atoms with van der Waals surface area (Å²) in [6, 6.07) is 11.4. The van der Waals surface area contributed by atoms with E-state index in [2.05, 4.69) is 54.6 Å². The molecule has 1 atom stereocenters. The highest BCUT2D eigenvalue weighted by molar-refractivity contribution is 7.98. The van der Waals surface area contributed by atoms with E-state index >= 15 is 0 Å². The quantitative estimate of drug-likeness (QED) is 0.823. The highest BCUT2D eigenvalue weighted by Gasteiger charge is 2.05. The molecule has 0 saturated carbocycles. The predicted molar refractivity (Wildman–Crippen MR) is 86.0 cm³/mol. The first-order valence-electron chi connectivity index (χ1n) is 7.05. The van der Waals surface area contributed by atoms with Crippen LogP contribution in [0.1, 0.15) is 36.8 Å². The topological polar surface area (TPSA) is 29.9 Å². The SMILES string of the molecule is CCNC(C)c1ccc(SCc2cc(C)nn2C)cc1. The molecule has 0 fully saturated rings. The van der Waals surface area contributed by atoms with Gasteiger partial charge in [0.15, 0.2) is 0 Å². The van der Waals surface area contributed by atoms with Crippen LogP contribution in [0.5, 0.6) is 0 Å². The maximum Gasteiger partial charge on any atom is 0.0596 e. The predicted octanol–water partition coefficient (Wildman–Crippen LogP) is 3.69. The average Bonchev–Trinajstić information content (AvgIpc) is 2.75. The number of aryl methyl sites for hydroxylation is 2. The minimum atomic E-state index is 0.416. The molecule has 0 aliphatic carbocycles. The average molecular weight is 289 g/mol. The molecule has 0 spiro atoms. The van der Waals surface area contributed by atoms with Gasteiger partial charge in [-0.1, -0.05) is 19.1 Å². The van der Waals surface area contributed by atoms with Gasteiger partial charge in [0, 0.05) is 29.4 Å². The van der Waals surface area contributed by atoms with Gasteiger partial charge in [-0.05, 0) is 44.2 Å². The van der Waals surface area contributed by atoms with E-state index in [4.69, 9.17) is 0 Å². The minimum absolute atomic E-state index is 0.416. The van der Waals surface area contributed by atoms with Crippen molar-refractivity contribution in [2.75, 3.05) is 6.54 Å². The normalized spacial score (nSPS) is 12.6. The highest BCUT2D eigenvalue weighted by atomic mass is 32.2. The molecule has 1 heterocycles. The number of hydrogen-bond donors (Lipinski definition) is 1. The monoisotopic (exact) mass is 289 g/mol. The van der Waals surface area contributed by atoms with Crippen LogP contribution in [0.15, 0.2) is 35.2 Å². The van der Waals surface area contributed by atoms with Gasteiger partial charge in [0.2, 0.25) is 0 Å². The van der Waals surface area contributed by atoms with Crippen LogP contribution in [0.3, 0.4) is 0 Å². The summed E-state index contributed by atoms with van der Waals surface area (Å²) < 4.78 is 1.96. The van der Waals surface area contributed by atoms with Gasteiger partial charge in [0.1, 0.15) is 0 Å². The summed E-state index contributed by atoms with van der Waals surface area (Å²) in [4.78, 5) is 1.30. The van der Waals surface area contributed by atoms with Gasteiger partial charge < -0.3 is 5.32 Å². The lowest BCUT2D eigenvalue weighted by Crippen LogP contribution is -2.17. The van der Waals surface area contributed by atoms with Crippen molar-refractivity contribution in [3.63, 3.8) is 0 Å². The Morgan fingerprint density at radius 3 is 2.55 bits per heavy atom. The number of rotatable bonds is 6. The Morgan fingerprint density at radius 2 is 2.00 bits per heavy atom. The van der Waals surface area contributed by atoms with Crippen LogP contribution in [0.4, 0.5) is 0 Å². The number of benzene rings is 1. The Hall–Kier alpha value is -1.26. The minimum Gasteiger partial charge on any atom is -0.310 e. The molecule has 0 bridgehead atoms. The van der Waals surface area contributed by atoms with Crippen molar-refractivity contribution in [3.8, 4) is 0 Å². The van der Waals surface area contributed by atoms with E-state index in [9.17, 15) is 0 Å². The second-order valence-electron chi connectivity index (χ2n) is 5.04. The van der Waals surface area contributed by atoms with Gasteiger partial charge in [-0.25, -0.2) is 0 Å². The largest absolute Gasteiger partial charge is 0.310 e. The fourth-order valence-corrected chi connectivity index (χ4v) is 3.15. The van der Waals surface area contributed by atoms with Crippen molar-refractivity contribution in [3.05, 3.63) is 47.3 Å². The van der Waals surface area contributed by atoms with Crippen molar-refractivity contribution >= 4 is 11.8 Å². The third-order valence-corrected chi connectivity index (χ3v) is 4.42. The first kappa shape index (κ1) is 15.1. The summed E-state index contributed by atoms with van der Waals surface area (Å²) in [6.07, 6.45) is 0. The van der Waals surface area contributed by atoms with E-state index < -0.39 is 0 Å². The molecule has 1 unspecified atom stereocenters. The fraction of sp³-hybridized carbons (Fsp3) is 0.438. The van der Waals surface area contributed by atoms with E-state index in [0.29, 0.717) is 6.04 Å². The third kappa shape index (κ3) is 3.87. The lowest BCUT2D eigenvalue weighted by Gasteiger charge is -2.13. The molecule has 4 heteroatoms. The smallest absolute Gasteiger partial charge is 0.0596 e. The number of nitrogens with one attached hydrogen (secondary N) is 1. The van der Waals surface area contributed by atoms with Gasteiger partial charge >= 0.3 is 0 Å². The van der Waals surface area contributed by atoms with E-state index in [-0.39, 0.29) is 0 Å². The highest BCUT2D eigenvalue weighted by Crippen LogP contribution is 2.24. The van der Waals surface area contributed by atoms with Crippen LogP contribution in [-0.2, 0) is 12.8 Å². The van der Waals surface area contributed by atoms with Crippen LogP contribution >= 0.6 is 11.8 Å². The molecule has 0 radical (unpaired) electrons. The number of nitrogens with zero attached hydrogens (tertiary/aromatic N) is 2. The Bertz CT molecular complexity index is 545. The van der Waals surface area contributed by atoms with Crippen LogP contribution < -0.4 is 5.32 Å². The second kappa shape index (κ2) is 6.95. The van der Waals surface area contributed by atoms with Gasteiger partial charge in [-0.15, -0.1) is 11.8 Å². The summed E-state index contributed by atoms with van der Waals surface area (Å²) in [7, 11) is 2.00. The second-order valence-corrected chi connectivity index (χ2v) is 6.09. The van der Waals surface area contributed by atoms with Gasteiger partial charge in [0.25, 0.3) is 0 Å². The maximum atomic E-state index is 4.38. The van der Waals surface area contributed by atoms with Crippen molar-refractivity contribution in [2.24, 2.45) is 7.05 Å². The Kier molecular flexibility index (Phi) is 5.26. The molecule has 108 valence electrons. The summed E-state index contributed by atoms with van der Waals surface area (Å²) in [5.74, 6) is 0.958. The molecule has 0 amide bonds. The van der Waals surface area contributed by atoms with E-state index in [1.807, 2.05) is 30.4 Å². The van der Waals surface area contributed by atoms with Crippen molar-refractivity contribution in [1.82, 2.24) is 15.1 Å². The zero-order valence-electron chi connectivity index (χ0n) is 12.7. The third-order valence-electron chi connectivity index (χ3n) is 3.38. The Morgan fingerprint density at radius 1 is 1.30 bits per heavy atom. The zero-order valence-corrected chi connectivity index (χ0v) is 13.5. The molecule has 3 nitrogen and oxygen atoms in total. The summed E-state index contributed by atoms with van der Waals surface area (Å²) >= 11 is 1.85. The molecule has 0 saturated heterocycles. The standard InChI is InChI=1S/C16H23N3S/c1-5-17-13(3)14-6-8-16(9-7-14)20-11-15-10-12(2)18-19(15)4/h6-10,13,17H,5,11H2,1-4H3. The fourth-order valence-electron chi connectivity index (χ4n) is 2.23. The molecule has 0 aliphatic heterocycles. The van der Waals surface area contributed by atoms with Gasteiger partial charge in [0.05, 0.1) is 5.69 Å². The molecule has 0 aliphatic rings. The zero-order chi connectivity index (χ0) is 14.5. The van der Waals surface area contributed by atoms with Crippen molar-refractivity contribution in [2.45, 2.75) is 37.5 Å². The summed E-state index contributed by atoms with van der Waals surface area (Å²) in [6.45, 7) is 7.36. The van der Waals surface area contributed by atoms with E-state index in [1.54, 1.807) is 0 Å². The molecule has 1 aromatic heterocycles. The maximum absolute atomic E-state index is 4.38. The van der Waals surface area contributed by atoms with Crippen molar-refractivity contribution in [1.29, 1.82) is 0 Å². The lowest BCUT2D eigenvalue weighted by atomic mass is 10.1. The molecule has 20 heavy (non-hydrogen) atoms. The number of hydrogen-bond acceptors (Lipinski definition) is 3. The van der Waals surface area contributed by atoms with Gasteiger partial charge in [-0.3, -0.25) is 4.68 Å². The lowest BCUT2D eigenvalue weighted by molar-refractivity contribution is 0.598. The van der Waals surface area contributed by atoms with Crippen molar-refractivity contribution < 1.29 is 0 Å². The first-order chi connectivity index (χ1) is 9.60. The van der Waals surface area contributed by atoms with Crippen LogP contribution in [-0.4, -0.2) is 16.3 Å². The van der Waals surface area contributed by atoms with Crippen LogP contribution in [0.2, 0.25) is 0 Å². The first-order valence-corrected chi connectivity index (χ1v) is 8.04. The molecule has 1 N–H and O–H groups in total. The van der Waals surface area contributed by atoms with E-state index in [0.717, 1.165) is 18.0 Å². The molecular formula is C16H23N3S. The summed E-state index contributed by atoms with van der Waals surface area (Å²) in [5.41, 5.74) is 3.68. The number of aromatic nitrogens is 2. The molecule has 1 aromatic carbocycles. The van der Waals surface area contributed by atoms with Gasteiger partial charge in [-0.2, -0.15) is 5.10 Å². The van der Waals surface area contributed by atoms with E-state index in [1.165, 1.54) is 16.2 Å². The molecular weight excluding hydrogens is 266 g/mol. The Balaban J connectivity index is 1.95. The number of thioether (sulfide) groups is 1. The van der Waals surface area contributed by atoms with Crippen LogP contribution in [0, 0.1) is 6.92 Å². The van der Waals surface area contributed by atoms with Crippen LogP contribution in [0.25, 0.3) is 0 Å². The Labute approximate surface area is 125 Å². The molecule has 2 rings (SSSR count). The summed E-state index contributed by atoms with van der Waals surface area (Å²) in [5, 5.41) is 7.81. The molecule has 2 aromatic rings.